The molecule has 1 saturated carbocycles. The van der Waals surface area contributed by atoms with Crippen LogP contribution in [0.1, 0.15) is 46.8 Å². The Bertz CT molecular complexity index is 1670. The van der Waals surface area contributed by atoms with Gasteiger partial charge >= 0.3 is 0 Å². The standard InChI is InChI=1S/C31H28Cl2FN3O4S/c32-24-9-4-20(5-10-24)18-22-2-1-3-26-29(22)35-37(30(26)21-6-11-25(33)12-7-21)31(38)23-8-13-27(34)28(19-23)42(39,40)36-14-16-41-17-15-36/h4-13,18-19,26,30H,1-3,14-17H2/b22-18-. The van der Waals surface area contributed by atoms with Crippen molar-refractivity contribution < 1.29 is 22.3 Å². The molecule has 2 fully saturated rings. The maximum atomic E-state index is 14.9. The second-order valence-corrected chi connectivity index (χ2v) is 13.3. The van der Waals surface area contributed by atoms with E-state index in [1.807, 2.05) is 36.4 Å². The number of amides is 1. The summed E-state index contributed by atoms with van der Waals surface area (Å²) in [5, 5.41) is 7.50. The molecule has 0 aromatic heterocycles. The highest BCUT2D eigenvalue weighted by Gasteiger charge is 2.44. The molecule has 0 spiro atoms. The van der Waals surface area contributed by atoms with E-state index in [4.69, 9.17) is 33.0 Å². The molecule has 1 aliphatic carbocycles. The van der Waals surface area contributed by atoms with Gasteiger partial charge in [0.2, 0.25) is 10.0 Å². The molecule has 2 atom stereocenters. The highest BCUT2D eigenvalue weighted by atomic mass is 35.5. The number of hydrogen-bond donors (Lipinski definition) is 0. The maximum Gasteiger partial charge on any atom is 0.274 e. The highest BCUT2D eigenvalue weighted by Crippen LogP contribution is 2.45. The largest absolute Gasteiger partial charge is 0.379 e. The molecule has 2 unspecified atom stereocenters. The maximum absolute atomic E-state index is 14.9. The quantitative estimate of drug-likeness (QED) is 0.320. The van der Waals surface area contributed by atoms with Crippen molar-refractivity contribution in [2.24, 2.45) is 11.0 Å². The molecule has 1 saturated heterocycles. The van der Waals surface area contributed by atoms with E-state index in [0.717, 1.165) is 53.8 Å². The third kappa shape index (κ3) is 5.64. The number of hydrazone groups is 1. The van der Waals surface area contributed by atoms with Crippen molar-refractivity contribution in [1.82, 2.24) is 9.31 Å². The summed E-state index contributed by atoms with van der Waals surface area (Å²) in [4.78, 5) is 13.6. The van der Waals surface area contributed by atoms with E-state index in [1.165, 1.54) is 15.4 Å². The first kappa shape index (κ1) is 29.0. The first-order valence-electron chi connectivity index (χ1n) is 13.7. The number of fused-ring (bicyclic) bond motifs is 1. The van der Waals surface area contributed by atoms with Crippen molar-refractivity contribution in [3.05, 3.63) is 105 Å². The van der Waals surface area contributed by atoms with Gasteiger partial charge < -0.3 is 4.74 Å². The van der Waals surface area contributed by atoms with Gasteiger partial charge in [-0.25, -0.2) is 17.8 Å². The number of hydrogen-bond acceptors (Lipinski definition) is 5. The lowest BCUT2D eigenvalue weighted by Gasteiger charge is -2.30. The smallest absolute Gasteiger partial charge is 0.274 e. The third-order valence-electron chi connectivity index (χ3n) is 7.90. The number of allylic oxidation sites excluding steroid dienone is 1. The zero-order valence-electron chi connectivity index (χ0n) is 22.5. The Labute approximate surface area is 254 Å². The van der Waals surface area contributed by atoms with Crippen LogP contribution in [0.3, 0.4) is 0 Å². The lowest BCUT2D eigenvalue weighted by molar-refractivity contribution is 0.0680. The number of ether oxygens (including phenoxy) is 1. The number of carbonyl (C=O) groups is 1. The minimum Gasteiger partial charge on any atom is -0.379 e. The molecule has 6 rings (SSSR count). The molecule has 1 amide bonds. The molecular formula is C31H28Cl2FN3O4S. The van der Waals surface area contributed by atoms with Gasteiger partial charge in [-0.05, 0) is 84.5 Å². The summed E-state index contributed by atoms with van der Waals surface area (Å²) in [5.41, 5.74) is 3.70. The van der Waals surface area contributed by atoms with Crippen LogP contribution in [0.4, 0.5) is 4.39 Å². The van der Waals surface area contributed by atoms with Gasteiger partial charge in [-0.15, -0.1) is 0 Å². The van der Waals surface area contributed by atoms with Crippen LogP contribution < -0.4 is 0 Å². The van der Waals surface area contributed by atoms with E-state index >= 15 is 0 Å². The van der Waals surface area contributed by atoms with E-state index < -0.39 is 32.7 Å². The molecule has 2 heterocycles. The molecule has 3 aromatic rings. The summed E-state index contributed by atoms with van der Waals surface area (Å²) in [5.74, 6) is -1.51. The molecule has 7 nitrogen and oxygen atoms in total. The number of carbonyl (C=O) groups excluding carboxylic acids is 1. The fourth-order valence-electron chi connectivity index (χ4n) is 5.81. The summed E-state index contributed by atoms with van der Waals surface area (Å²) in [6.45, 7) is 0.674. The van der Waals surface area contributed by atoms with E-state index in [2.05, 4.69) is 6.08 Å². The SMILES string of the molecule is O=C(c1ccc(F)c(S(=O)(=O)N2CCOCC2)c1)N1N=C2/C(=C\c3ccc(Cl)cc3)CCCC2C1c1ccc(Cl)cc1. The Morgan fingerprint density at radius 3 is 2.33 bits per heavy atom. The molecule has 0 N–H and O–H groups in total. The molecular weight excluding hydrogens is 600 g/mol. The molecule has 42 heavy (non-hydrogen) atoms. The van der Waals surface area contributed by atoms with E-state index in [0.29, 0.717) is 10.0 Å². The van der Waals surface area contributed by atoms with E-state index in [9.17, 15) is 17.6 Å². The molecule has 11 heteroatoms. The summed E-state index contributed by atoms with van der Waals surface area (Å²) in [7, 11) is -4.17. The first-order valence-corrected chi connectivity index (χ1v) is 15.9. The van der Waals surface area contributed by atoms with Gasteiger partial charge in [0, 0.05) is 34.6 Å². The first-order chi connectivity index (χ1) is 20.2. The molecule has 0 radical (unpaired) electrons. The van der Waals surface area contributed by atoms with Crippen LogP contribution >= 0.6 is 23.2 Å². The van der Waals surface area contributed by atoms with Gasteiger partial charge in [0.25, 0.3) is 5.91 Å². The van der Waals surface area contributed by atoms with Crippen molar-refractivity contribution in [3.8, 4) is 0 Å². The second-order valence-electron chi connectivity index (χ2n) is 10.5. The molecule has 2 aliphatic heterocycles. The Hall–Kier alpha value is -3.08. The molecule has 3 aromatic carbocycles. The molecule has 218 valence electrons. The molecule has 3 aliphatic rings. The number of morpholine rings is 1. The number of halogens is 3. The fourth-order valence-corrected chi connectivity index (χ4v) is 7.56. The van der Waals surface area contributed by atoms with Crippen LogP contribution in [0.15, 0.2) is 82.3 Å². The van der Waals surface area contributed by atoms with Crippen molar-refractivity contribution in [1.29, 1.82) is 0 Å². The number of rotatable bonds is 5. The van der Waals surface area contributed by atoms with Gasteiger partial charge in [0.15, 0.2) is 0 Å². The van der Waals surface area contributed by atoms with Gasteiger partial charge in [0.05, 0.1) is 25.0 Å². The monoisotopic (exact) mass is 627 g/mol. The minimum absolute atomic E-state index is 0.0356. The lowest BCUT2D eigenvalue weighted by atomic mass is 9.77. The second kappa shape index (κ2) is 11.9. The van der Waals surface area contributed by atoms with Crippen LogP contribution in [-0.2, 0) is 14.8 Å². The average molecular weight is 629 g/mol. The zero-order valence-corrected chi connectivity index (χ0v) is 24.9. The van der Waals surface area contributed by atoms with Crippen molar-refractivity contribution in [3.63, 3.8) is 0 Å². The summed E-state index contributed by atoms with van der Waals surface area (Å²) in [6.07, 6.45) is 4.59. The topological polar surface area (TPSA) is 79.3 Å². The summed E-state index contributed by atoms with van der Waals surface area (Å²) >= 11 is 12.3. The number of nitrogens with zero attached hydrogens (tertiary/aromatic N) is 3. The Morgan fingerprint density at radius 2 is 1.64 bits per heavy atom. The van der Waals surface area contributed by atoms with Crippen LogP contribution in [0.2, 0.25) is 10.0 Å². The third-order valence-corrected chi connectivity index (χ3v) is 10.3. The highest BCUT2D eigenvalue weighted by molar-refractivity contribution is 7.89. The van der Waals surface area contributed by atoms with Crippen molar-refractivity contribution in [2.45, 2.75) is 30.2 Å². The predicted molar refractivity (Wildman–Crippen MR) is 161 cm³/mol. The van der Waals surface area contributed by atoms with Gasteiger partial charge in [-0.3, -0.25) is 4.79 Å². The average Bonchev–Trinajstić information content (AvgIpc) is 3.39. The Kier molecular flexibility index (Phi) is 8.22. The minimum atomic E-state index is -4.17. The van der Waals surface area contributed by atoms with Crippen molar-refractivity contribution >= 4 is 50.9 Å². The van der Waals surface area contributed by atoms with Crippen LogP contribution in [-0.4, -0.2) is 55.7 Å². The van der Waals surface area contributed by atoms with Gasteiger partial charge in [-0.2, -0.15) is 9.41 Å². The number of benzene rings is 3. The van der Waals surface area contributed by atoms with Crippen molar-refractivity contribution in [2.75, 3.05) is 26.3 Å². The van der Waals surface area contributed by atoms with Crippen LogP contribution in [0.25, 0.3) is 6.08 Å². The van der Waals surface area contributed by atoms with E-state index in [1.54, 1.807) is 12.1 Å². The summed E-state index contributed by atoms with van der Waals surface area (Å²) < 4.78 is 48.0. The predicted octanol–water partition coefficient (Wildman–Crippen LogP) is 6.59. The Morgan fingerprint density at radius 1 is 0.976 bits per heavy atom. The Balaban J connectivity index is 1.40. The normalized spacial score (nSPS) is 22.2. The molecule has 0 bridgehead atoms. The zero-order chi connectivity index (χ0) is 29.4. The van der Waals surface area contributed by atoms with Crippen LogP contribution in [0.5, 0.6) is 0 Å². The van der Waals surface area contributed by atoms with Gasteiger partial charge in [-0.1, -0.05) is 47.5 Å². The number of sulfonamides is 1. The summed E-state index contributed by atoms with van der Waals surface area (Å²) in [6, 6.07) is 17.8. The fraction of sp³-hybridized carbons (Fsp3) is 0.290. The lowest BCUT2D eigenvalue weighted by Crippen LogP contribution is -2.41. The van der Waals surface area contributed by atoms with Gasteiger partial charge in [0.1, 0.15) is 10.7 Å². The van der Waals surface area contributed by atoms with Crippen LogP contribution in [0, 0.1) is 11.7 Å². The van der Waals surface area contributed by atoms with E-state index in [-0.39, 0.29) is 37.8 Å².